The molecular weight excluding hydrogens is 342 g/mol. The van der Waals surface area contributed by atoms with Crippen molar-refractivity contribution >= 4 is 29.3 Å². The molecule has 0 aliphatic rings. The summed E-state index contributed by atoms with van der Waals surface area (Å²) in [6, 6.07) is 10.7. The van der Waals surface area contributed by atoms with Crippen molar-refractivity contribution in [1.82, 2.24) is 0 Å². The molecule has 0 saturated carbocycles. The molecule has 0 saturated heterocycles. The lowest BCUT2D eigenvalue weighted by Crippen LogP contribution is -2.08. The van der Waals surface area contributed by atoms with Crippen molar-refractivity contribution in [1.29, 1.82) is 0 Å². The number of hydrogen-bond donors (Lipinski definition) is 1. The number of anilines is 1. The molecule has 6 heteroatoms. The Hall–Kier alpha value is -2.66. The normalized spacial score (nSPS) is 10.6. The zero-order chi connectivity index (χ0) is 18.2. The van der Waals surface area contributed by atoms with Gasteiger partial charge in [0.25, 0.3) is 0 Å². The molecule has 2 aromatic rings. The monoisotopic (exact) mass is 361 g/mol. The molecule has 25 heavy (non-hydrogen) atoms. The highest BCUT2D eigenvalue weighted by molar-refractivity contribution is 6.34. The third-order valence-electron chi connectivity index (χ3n) is 3.36. The largest absolute Gasteiger partial charge is 0.493 e. The molecule has 2 aromatic carbocycles. The van der Waals surface area contributed by atoms with Crippen LogP contribution < -0.4 is 19.5 Å². The van der Waals surface area contributed by atoms with Gasteiger partial charge >= 0.3 is 0 Å². The first-order valence-corrected chi connectivity index (χ1v) is 8.09. The molecule has 0 aromatic heterocycles. The number of methoxy groups -OCH3 is 2. The Kier molecular flexibility index (Phi) is 6.71. The number of nitrogens with one attached hydrogen (secondary N) is 1. The molecule has 0 spiro atoms. The van der Waals surface area contributed by atoms with Crippen molar-refractivity contribution in [2.24, 2.45) is 0 Å². The van der Waals surface area contributed by atoms with E-state index in [4.69, 9.17) is 25.8 Å². The van der Waals surface area contributed by atoms with Crippen molar-refractivity contribution in [3.63, 3.8) is 0 Å². The fourth-order valence-corrected chi connectivity index (χ4v) is 2.40. The smallest absolute Gasteiger partial charge is 0.248 e. The van der Waals surface area contributed by atoms with E-state index in [1.54, 1.807) is 18.2 Å². The topological polar surface area (TPSA) is 56.8 Å². The van der Waals surface area contributed by atoms with Crippen molar-refractivity contribution in [3.05, 3.63) is 53.1 Å². The van der Waals surface area contributed by atoms with Gasteiger partial charge in [0.05, 0.1) is 31.5 Å². The minimum atomic E-state index is -0.319. The van der Waals surface area contributed by atoms with Crippen molar-refractivity contribution in [3.8, 4) is 17.2 Å². The lowest BCUT2D eigenvalue weighted by molar-refractivity contribution is -0.111. The van der Waals surface area contributed by atoms with Crippen LogP contribution >= 0.6 is 11.6 Å². The fourth-order valence-electron chi connectivity index (χ4n) is 2.20. The first-order chi connectivity index (χ1) is 12.1. The van der Waals surface area contributed by atoms with E-state index < -0.39 is 0 Å². The molecule has 0 fully saturated rings. The predicted octanol–water partition coefficient (Wildman–Crippen LogP) is 4.41. The molecule has 0 heterocycles. The minimum absolute atomic E-state index is 0.319. The molecule has 5 nitrogen and oxygen atoms in total. The van der Waals surface area contributed by atoms with Gasteiger partial charge in [-0.2, -0.15) is 0 Å². The van der Waals surface area contributed by atoms with Gasteiger partial charge in [0, 0.05) is 23.8 Å². The number of carbonyl (C=O) groups excluding carboxylic acids is 1. The van der Waals surface area contributed by atoms with Gasteiger partial charge in [-0.25, -0.2) is 0 Å². The fraction of sp³-hybridized carbons (Fsp3) is 0.211. The molecule has 0 unspecified atom stereocenters. The second kappa shape index (κ2) is 8.99. The third kappa shape index (κ3) is 4.90. The highest BCUT2D eigenvalue weighted by Crippen LogP contribution is 2.36. The maximum Gasteiger partial charge on any atom is 0.248 e. The molecule has 2 rings (SSSR count). The number of benzene rings is 2. The van der Waals surface area contributed by atoms with Gasteiger partial charge in [0.1, 0.15) is 5.75 Å². The van der Waals surface area contributed by atoms with Crippen molar-refractivity contribution in [2.45, 2.75) is 6.92 Å². The highest BCUT2D eigenvalue weighted by Gasteiger charge is 2.11. The van der Waals surface area contributed by atoms with Crippen LogP contribution in [-0.4, -0.2) is 26.7 Å². The number of rotatable bonds is 7. The highest BCUT2D eigenvalue weighted by atomic mass is 35.5. The van der Waals surface area contributed by atoms with Crippen LogP contribution in [-0.2, 0) is 4.79 Å². The second-order valence-corrected chi connectivity index (χ2v) is 5.39. The Bertz CT molecular complexity index is 774. The summed E-state index contributed by atoms with van der Waals surface area (Å²) in [4.78, 5) is 12.2. The van der Waals surface area contributed by atoms with Crippen LogP contribution in [0.1, 0.15) is 12.5 Å². The van der Waals surface area contributed by atoms with E-state index in [0.29, 0.717) is 28.8 Å². The maximum absolute atomic E-state index is 12.2. The van der Waals surface area contributed by atoms with Gasteiger partial charge < -0.3 is 19.5 Å². The first-order valence-electron chi connectivity index (χ1n) is 7.71. The average molecular weight is 362 g/mol. The second-order valence-electron chi connectivity index (χ2n) is 4.98. The van der Waals surface area contributed by atoms with E-state index in [-0.39, 0.29) is 5.91 Å². The lowest BCUT2D eigenvalue weighted by Gasteiger charge is -2.12. The summed E-state index contributed by atoms with van der Waals surface area (Å²) >= 11 is 6.17. The summed E-state index contributed by atoms with van der Waals surface area (Å²) in [5.74, 6) is 1.37. The minimum Gasteiger partial charge on any atom is -0.493 e. The molecule has 0 aliphatic carbocycles. The lowest BCUT2D eigenvalue weighted by atomic mass is 10.2. The molecular formula is C19H20ClNO4. The Balaban J connectivity index is 2.15. The molecule has 1 amide bonds. The summed E-state index contributed by atoms with van der Waals surface area (Å²) in [7, 11) is 3.03. The molecule has 0 bridgehead atoms. The van der Waals surface area contributed by atoms with Crippen LogP contribution in [0.15, 0.2) is 42.5 Å². The molecule has 0 radical (unpaired) electrons. The SMILES string of the molecule is CCOc1ccccc1C=CC(=O)Nc1cc(OC)c(OC)cc1Cl. The molecule has 1 N–H and O–H groups in total. The number of amides is 1. The predicted molar refractivity (Wildman–Crippen MR) is 99.8 cm³/mol. The van der Waals surface area contributed by atoms with Gasteiger partial charge in [-0.15, -0.1) is 0 Å². The van der Waals surface area contributed by atoms with Crippen LogP contribution in [0.4, 0.5) is 5.69 Å². The summed E-state index contributed by atoms with van der Waals surface area (Å²) in [6.07, 6.45) is 3.11. The first kappa shape index (κ1) is 18.7. The summed E-state index contributed by atoms with van der Waals surface area (Å²) in [5.41, 5.74) is 1.25. The van der Waals surface area contributed by atoms with Gasteiger partial charge in [0.2, 0.25) is 5.91 Å². The molecule has 0 aliphatic heterocycles. The molecule has 0 atom stereocenters. The zero-order valence-corrected chi connectivity index (χ0v) is 15.1. The van der Waals surface area contributed by atoms with Crippen LogP contribution in [0, 0.1) is 0 Å². The quantitative estimate of drug-likeness (QED) is 0.742. The third-order valence-corrected chi connectivity index (χ3v) is 3.68. The van der Waals surface area contributed by atoms with E-state index in [9.17, 15) is 4.79 Å². The van der Waals surface area contributed by atoms with E-state index in [1.807, 2.05) is 31.2 Å². The van der Waals surface area contributed by atoms with Gasteiger partial charge in [-0.1, -0.05) is 29.8 Å². The van der Waals surface area contributed by atoms with E-state index in [1.165, 1.54) is 20.3 Å². The zero-order valence-electron chi connectivity index (χ0n) is 14.3. The molecule has 132 valence electrons. The van der Waals surface area contributed by atoms with E-state index in [2.05, 4.69) is 5.32 Å². The Morgan fingerprint density at radius 1 is 1.12 bits per heavy atom. The van der Waals surface area contributed by atoms with Crippen LogP contribution in [0.2, 0.25) is 5.02 Å². The Morgan fingerprint density at radius 3 is 2.48 bits per heavy atom. The summed E-state index contributed by atoms with van der Waals surface area (Å²) in [6.45, 7) is 2.46. The van der Waals surface area contributed by atoms with Gasteiger partial charge in [0.15, 0.2) is 11.5 Å². The average Bonchev–Trinajstić information content (AvgIpc) is 2.62. The van der Waals surface area contributed by atoms with Gasteiger partial charge in [-0.05, 0) is 19.1 Å². The number of para-hydroxylation sites is 1. The van der Waals surface area contributed by atoms with Crippen LogP contribution in [0.3, 0.4) is 0 Å². The van der Waals surface area contributed by atoms with E-state index in [0.717, 1.165) is 11.3 Å². The van der Waals surface area contributed by atoms with Crippen LogP contribution in [0.5, 0.6) is 17.2 Å². The Morgan fingerprint density at radius 2 is 1.80 bits per heavy atom. The summed E-state index contributed by atoms with van der Waals surface area (Å²) < 4.78 is 15.9. The van der Waals surface area contributed by atoms with E-state index >= 15 is 0 Å². The van der Waals surface area contributed by atoms with Crippen molar-refractivity contribution < 1.29 is 19.0 Å². The summed E-state index contributed by atoms with van der Waals surface area (Å²) in [5, 5.41) is 3.08. The standard InChI is InChI=1S/C19H20ClNO4/c1-4-25-16-8-6-5-7-13(16)9-10-19(22)21-15-12-18(24-3)17(23-2)11-14(15)20/h5-12H,4H2,1-3H3,(H,21,22). The van der Waals surface area contributed by atoms with Gasteiger partial charge in [-0.3, -0.25) is 4.79 Å². The number of ether oxygens (including phenoxy) is 3. The maximum atomic E-state index is 12.2. The Labute approximate surface area is 152 Å². The number of carbonyl (C=O) groups is 1. The number of halogens is 1. The van der Waals surface area contributed by atoms with Crippen LogP contribution in [0.25, 0.3) is 6.08 Å². The van der Waals surface area contributed by atoms with Crippen molar-refractivity contribution in [2.75, 3.05) is 26.1 Å². The number of hydrogen-bond acceptors (Lipinski definition) is 4.